The smallest absolute Gasteiger partial charge is 0.341 e. The number of nitrogens with one attached hydrogen (secondary N) is 2. The van der Waals surface area contributed by atoms with Crippen molar-refractivity contribution in [3.8, 4) is 0 Å². The molecule has 1 fully saturated rings. The largest absolute Gasteiger partial charge is 0.469 e. The van der Waals surface area contributed by atoms with Crippen LogP contribution in [0.5, 0.6) is 0 Å². The normalized spacial score (nSPS) is 18.7. The number of amides is 3. The van der Waals surface area contributed by atoms with Gasteiger partial charge in [-0.2, -0.15) is 0 Å². The van der Waals surface area contributed by atoms with Crippen molar-refractivity contribution in [1.29, 1.82) is 0 Å². The average molecular weight is 283 g/mol. The Kier molecular flexibility index (Phi) is 4.00. The minimum absolute atomic E-state index is 0.0233. The lowest BCUT2D eigenvalue weighted by Gasteiger charge is -2.31. The third-order valence-corrected chi connectivity index (χ3v) is 3.41. The van der Waals surface area contributed by atoms with E-state index in [9.17, 15) is 14.4 Å². The fourth-order valence-corrected chi connectivity index (χ4v) is 2.34. The molecule has 1 atom stereocenters. The number of urea groups is 1. The molecule has 19 heavy (non-hydrogen) atoms. The second-order valence-electron chi connectivity index (χ2n) is 3.98. The topological polar surface area (TPSA) is 87.7 Å². The molecule has 102 valence electrons. The molecule has 1 aromatic rings. The van der Waals surface area contributed by atoms with Crippen molar-refractivity contribution in [2.45, 2.75) is 6.42 Å². The minimum atomic E-state index is -0.632. The Morgan fingerprint density at radius 2 is 2.37 bits per heavy atom. The van der Waals surface area contributed by atoms with Gasteiger partial charge >= 0.3 is 12.0 Å². The number of ether oxygens (including phenoxy) is 1. The zero-order valence-corrected chi connectivity index (χ0v) is 11.0. The van der Waals surface area contributed by atoms with Gasteiger partial charge in [-0.25, -0.2) is 9.80 Å². The molecule has 0 radical (unpaired) electrons. The van der Waals surface area contributed by atoms with Crippen LogP contribution >= 0.6 is 11.3 Å². The molecule has 2 heterocycles. The van der Waals surface area contributed by atoms with Crippen LogP contribution < -0.4 is 10.7 Å². The van der Waals surface area contributed by atoms with Crippen molar-refractivity contribution in [3.63, 3.8) is 0 Å². The number of rotatable bonds is 2. The van der Waals surface area contributed by atoms with Crippen LogP contribution in [0.1, 0.15) is 6.42 Å². The third-order valence-electron chi connectivity index (χ3n) is 2.63. The summed E-state index contributed by atoms with van der Waals surface area (Å²) in [6, 6.07) is 3.06. The molecule has 1 aliphatic heterocycles. The van der Waals surface area contributed by atoms with Gasteiger partial charge in [-0.15, -0.1) is 11.3 Å². The monoisotopic (exact) mass is 283 g/mol. The lowest BCUT2D eigenvalue weighted by molar-refractivity contribution is -0.151. The molecule has 1 saturated heterocycles. The Bertz CT molecular complexity index is 488. The molecule has 1 unspecified atom stereocenters. The highest BCUT2D eigenvalue weighted by Crippen LogP contribution is 2.17. The first-order valence-electron chi connectivity index (χ1n) is 5.59. The number of hydrogen-bond donors (Lipinski definition) is 2. The number of thiophene rings is 1. The molecule has 0 spiro atoms. The first kappa shape index (κ1) is 13.3. The van der Waals surface area contributed by atoms with Gasteiger partial charge < -0.3 is 4.74 Å². The number of hydrogen-bond acceptors (Lipinski definition) is 5. The summed E-state index contributed by atoms with van der Waals surface area (Å²) < 4.78 is 4.60. The summed E-state index contributed by atoms with van der Waals surface area (Å²) in [5.41, 5.74) is 2.42. The van der Waals surface area contributed by atoms with Gasteiger partial charge in [0.15, 0.2) is 0 Å². The van der Waals surface area contributed by atoms with E-state index in [0.717, 1.165) is 5.01 Å². The highest BCUT2D eigenvalue weighted by Gasteiger charge is 2.33. The molecule has 0 saturated carbocycles. The number of carbonyl (C=O) groups is 3. The van der Waals surface area contributed by atoms with Crippen LogP contribution in [0, 0.1) is 5.92 Å². The molecular weight excluding hydrogens is 270 g/mol. The Morgan fingerprint density at radius 3 is 3.00 bits per heavy atom. The first-order valence-corrected chi connectivity index (χ1v) is 6.47. The maximum absolute atomic E-state index is 11.9. The molecule has 7 nitrogen and oxygen atoms in total. The van der Waals surface area contributed by atoms with E-state index in [4.69, 9.17) is 0 Å². The van der Waals surface area contributed by atoms with Crippen LogP contribution in [-0.4, -0.2) is 36.6 Å². The van der Waals surface area contributed by atoms with Gasteiger partial charge in [0.1, 0.15) is 0 Å². The third kappa shape index (κ3) is 3.22. The highest BCUT2D eigenvalue weighted by molar-refractivity contribution is 7.14. The second-order valence-corrected chi connectivity index (χ2v) is 4.92. The number of carbonyl (C=O) groups excluding carboxylic acids is 3. The van der Waals surface area contributed by atoms with E-state index in [0.29, 0.717) is 5.00 Å². The Balaban J connectivity index is 2.00. The van der Waals surface area contributed by atoms with Crippen molar-refractivity contribution in [2.24, 2.45) is 5.92 Å². The predicted octanol–water partition coefficient (Wildman–Crippen LogP) is 0.806. The van der Waals surface area contributed by atoms with E-state index in [1.54, 1.807) is 12.1 Å². The fraction of sp³-hybridized carbons (Fsp3) is 0.364. The maximum atomic E-state index is 11.9. The summed E-state index contributed by atoms with van der Waals surface area (Å²) in [5.74, 6) is -1.51. The molecule has 3 amide bonds. The Labute approximate surface area is 113 Å². The summed E-state index contributed by atoms with van der Waals surface area (Å²) in [5, 5.41) is 6.21. The van der Waals surface area contributed by atoms with Gasteiger partial charge in [0.2, 0.25) is 5.91 Å². The van der Waals surface area contributed by atoms with Crippen LogP contribution in [0.2, 0.25) is 0 Å². The summed E-state index contributed by atoms with van der Waals surface area (Å²) >= 11 is 1.36. The van der Waals surface area contributed by atoms with Gasteiger partial charge in [-0.05, 0) is 17.5 Å². The van der Waals surface area contributed by atoms with Gasteiger partial charge in [0, 0.05) is 6.42 Å². The average Bonchev–Trinajstić information content (AvgIpc) is 2.89. The van der Waals surface area contributed by atoms with Crippen molar-refractivity contribution in [1.82, 2.24) is 10.4 Å². The SMILES string of the molecule is COC(=O)C1CC(=O)NN(C(=O)Nc2cccs2)C1. The standard InChI is InChI=1S/C11H13N3O4S/c1-18-10(16)7-5-8(15)13-14(6-7)11(17)12-9-3-2-4-19-9/h2-4,7H,5-6H2,1H3,(H,12,17)(H,13,15). The number of anilines is 1. The quantitative estimate of drug-likeness (QED) is 0.786. The Hall–Kier alpha value is -2.09. The second kappa shape index (κ2) is 5.70. The van der Waals surface area contributed by atoms with Gasteiger partial charge in [0.25, 0.3) is 0 Å². The Morgan fingerprint density at radius 1 is 1.58 bits per heavy atom. The van der Waals surface area contributed by atoms with E-state index in [1.165, 1.54) is 18.4 Å². The molecule has 1 aromatic heterocycles. The fourth-order valence-electron chi connectivity index (χ4n) is 1.73. The van der Waals surface area contributed by atoms with Crippen molar-refractivity contribution in [3.05, 3.63) is 17.5 Å². The van der Waals surface area contributed by atoms with E-state index in [1.807, 2.05) is 5.38 Å². The molecule has 0 aromatic carbocycles. The molecule has 0 bridgehead atoms. The minimum Gasteiger partial charge on any atom is -0.469 e. The molecule has 2 N–H and O–H groups in total. The summed E-state index contributed by atoms with van der Waals surface area (Å²) in [7, 11) is 1.25. The maximum Gasteiger partial charge on any atom is 0.341 e. The zero-order valence-electron chi connectivity index (χ0n) is 10.2. The zero-order chi connectivity index (χ0) is 13.8. The van der Waals surface area contributed by atoms with Crippen LogP contribution in [-0.2, 0) is 14.3 Å². The van der Waals surface area contributed by atoms with E-state index in [2.05, 4.69) is 15.5 Å². The summed E-state index contributed by atoms with van der Waals surface area (Å²) in [4.78, 5) is 34.8. The lowest BCUT2D eigenvalue weighted by atomic mass is 10.0. The lowest BCUT2D eigenvalue weighted by Crippen LogP contribution is -2.56. The number of methoxy groups -OCH3 is 1. The van der Waals surface area contributed by atoms with E-state index in [-0.39, 0.29) is 18.9 Å². The number of esters is 1. The highest BCUT2D eigenvalue weighted by atomic mass is 32.1. The van der Waals surface area contributed by atoms with Crippen LogP contribution in [0.3, 0.4) is 0 Å². The van der Waals surface area contributed by atoms with Crippen LogP contribution in [0.15, 0.2) is 17.5 Å². The molecule has 2 rings (SSSR count). The molecule has 1 aliphatic rings. The first-order chi connectivity index (χ1) is 9.10. The predicted molar refractivity (Wildman–Crippen MR) is 68.3 cm³/mol. The van der Waals surface area contributed by atoms with Crippen LogP contribution in [0.4, 0.5) is 9.80 Å². The van der Waals surface area contributed by atoms with Gasteiger partial charge in [0.05, 0.1) is 24.6 Å². The van der Waals surface area contributed by atoms with Crippen LogP contribution in [0.25, 0.3) is 0 Å². The summed E-state index contributed by atoms with van der Waals surface area (Å²) in [6.07, 6.45) is 0.0233. The summed E-state index contributed by atoms with van der Waals surface area (Å²) in [6.45, 7) is 0.0929. The van der Waals surface area contributed by atoms with Gasteiger partial charge in [-0.3, -0.25) is 20.3 Å². The van der Waals surface area contributed by atoms with Crippen molar-refractivity contribution >= 4 is 34.2 Å². The molecule has 0 aliphatic carbocycles. The molecule has 8 heteroatoms. The van der Waals surface area contributed by atoms with E-state index < -0.39 is 17.9 Å². The number of hydrazine groups is 1. The number of nitrogens with zero attached hydrogens (tertiary/aromatic N) is 1. The van der Waals surface area contributed by atoms with Crippen molar-refractivity contribution in [2.75, 3.05) is 19.0 Å². The van der Waals surface area contributed by atoms with Crippen molar-refractivity contribution < 1.29 is 19.1 Å². The van der Waals surface area contributed by atoms with Gasteiger partial charge in [-0.1, -0.05) is 0 Å². The molecular formula is C11H13N3O4S. The van der Waals surface area contributed by atoms with E-state index >= 15 is 0 Å².